The lowest BCUT2D eigenvalue weighted by Gasteiger charge is -2.37. The first kappa shape index (κ1) is 20.0. The van der Waals surface area contributed by atoms with Crippen LogP contribution in [0.1, 0.15) is 51.4 Å². The number of amides is 1. The molecule has 158 valence electrons. The fourth-order valence-electron chi connectivity index (χ4n) is 5.29. The summed E-state index contributed by atoms with van der Waals surface area (Å²) in [6.45, 7) is 5.58. The maximum Gasteiger partial charge on any atom is 0.225 e. The van der Waals surface area contributed by atoms with Gasteiger partial charge in [-0.15, -0.1) is 0 Å². The lowest BCUT2D eigenvalue weighted by atomic mass is 9.88. The first-order chi connectivity index (χ1) is 13.7. The Morgan fingerprint density at radius 3 is 2.50 bits per heavy atom. The number of piperazine rings is 1. The van der Waals surface area contributed by atoms with Crippen LogP contribution in [0, 0.1) is 5.92 Å². The number of fused-ring (bicyclic) bond motifs is 2. The molecule has 28 heavy (non-hydrogen) atoms. The lowest BCUT2D eigenvalue weighted by molar-refractivity contribution is -0.138. The first-order valence-electron chi connectivity index (χ1n) is 11.4. The zero-order valence-corrected chi connectivity index (χ0v) is 17.4. The second-order valence-electron chi connectivity index (χ2n) is 8.86. The summed E-state index contributed by atoms with van der Waals surface area (Å²) in [5.74, 6) is 1.59. The quantitative estimate of drug-likeness (QED) is 0.544. The van der Waals surface area contributed by atoms with Crippen molar-refractivity contribution in [2.75, 3.05) is 46.3 Å². The minimum Gasteiger partial charge on any atom is -0.373 e. The molecule has 4 aliphatic rings. The summed E-state index contributed by atoms with van der Waals surface area (Å²) < 4.78 is 5.92. The molecule has 0 spiro atoms. The minimum atomic E-state index is 0.297. The molecule has 3 heterocycles. The van der Waals surface area contributed by atoms with Gasteiger partial charge in [-0.25, -0.2) is 0 Å². The Morgan fingerprint density at radius 2 is 1.86 bits per heavy atom. The van der Waals surface area contributed by atoms with Crippen LogP contribution in [0.5, 0.6) is 0 Å². The molecule has 0 aromatic heterocycles. The maximum atomic E-state index is 12.7. The van der Waals surface area contributed by atoms with Gasteiger partial charge < -0.3 is 20.3 Å². The number of rotatable bonds is 5. The summed E-state index contributed by atoms with van der Waals surface area (Å²) in [6.07, 6.45) is 10.3. The molecule has 3 atom stereocenters. The fourth-order valence-corrected chi connectivity index (χ4v) is 5.29. The van der Waals surface area contributed by atoms with Gasteiger partial charge in [-0.05, 0) is 32.1 Å². The monoisotopic (exact) mass is 391 g/mol. The number of guanidine groups is 1. The van der Waals surface area contributed by atoms with E-state index in [0.29, 0.717) is 30.1 Å². The Kier molecular flexibility index (Phi) is 6.73. The van der Waals surface area contributed by atoms with Crippen LogP contribution in [-0.4, -0.2) is 86.2 Å². The third-order valence-corrected chi connectivity index (χ3v) is 7.01. The van der Waals surface area contributed by atoms with Gasteiger partial charge in [0.15, 0.2) is 5.96 Å². The van der Waals surface area contributed by atoms with E-state index in [4.69, 9.17) is 4.74 Å². The predicted octanol–water partition coefficient (Wildman–Crippen LogP) is 1.20. The summed E-state index contributed by atoms with van der Waals surface area (Å²) in [4.78, 5) is 21.6. The zero-order valence-electron chi connectivity index (χ0n) is 17.4. The van der Waals surface area contributed by atoms with E-state index in [2.05, 4.69) is 25.4 Å². The van der Waals surface area contributed by atoms with Gasteiger partial charge in [-0.2, -0.15) is 0 Å². The van der Waals surface area contributed by atoms with Crippen LogP contribution < -0.4 is 10.6 Å². The Bertz CT molecular complexity index is 555. The van der Waals surface area contributed by atoms with E-state index in [9.17, 15) is 4.79 Å². The molecule has 3 unspecified atom stereocenters. The SMILES string of the molecule is CN=C(NCCN1CCN(C(=O)C2CCCCC2)CC1)NC1CC2CCC1O2. The molecule has 2 bridgehead atoms. The highest BCUT2D eigenvalue weighted by Crippen LogP contribution is 2.34. The van der Waals surface area contributed by atoms with Gasteiger partial charge in [0.1, 0.15) is 0 Å². The number of nitrogens with zero attached hydrogens (tertiary/aromatic N) is 3. The molecule has 1 amide bonds. The third kappa shape index (κ3) is 4.79. The molecule has 7 heteroatoms. The molecule has 3 saturated heterocycles. The van der Waals surface area contributed by atoms with E-state index < -0.39 is 0 Å². The summed E-state index contributed by atoms with van der Waals surface area (Å²) in [7, 11) is 1.83. The minimum absolute atomic E-state index is 0.297. The summed E-state index contributed by atoms with van der Waals surface area (Å²) in [5.41, 5.74) is 0. The van der Waals surface area contributed by atoms with Gasteiger partial charge in [-0.1, -0.05) is 19.3 Å². The molecule has 3 aliphatic heterocycles. The normalized spacial score (nSPS) is 32.0. The van der Waals surface area contributed by atoms with Crippen LogP contribution in [0.4, 0.5) is 0 Å². The van der Waals surface area contributed by atoms with Crippen LogP contribution in [-0.2, 0) is 9.53 Å². The smallest absolute Gasteiger partial charge is 0.225 e. The van der Waals surface area contributed by atoms with Crippen molar-refractivity contribution in [2.45, 2.75) is 69.6 Å². The largest absolute Gasteiger partial charge is 0.373 e. The van der Waals surface area contributed by atoms with Crippen molar-refractivity contribution >= 4 is 11.9 Å². The van der Waals surface area contributed by atoms with Crippen LogP contribution in [0.3, 0.4) is 0 Å². The average Bonchev–Trinajstić information content (AvgIpc) is 3.37. The number of carbonyl (C=O) groups is 1. The molecular weight excluding hydrogens is 354 g/mol. The molecule has 1 aliphatic carbocycles. The highest BCUT2D eigenvalue weighted by molar-refractivity contribution is 5.80. The van der Waals surface area contributed by atoms with Crippen molar-refractivity contribution in [3.8, 4) is 0 Å². The number of hydrogen-bond donors (Lipinski definition) is 2. The summed E-state index contributed by atoms with van der Waals surface area (Å²) in [6, 6.07) is 0.402. The second-order valence-corrected chi connectivity index (χ2v) is 8.86. The average molecular weight is 392 g/mol. The fraction of sp³-hybridized carbons (Fsp3) is 0.905. The Hall–Kier alpha value is -1.34. The van der Waals surface area contributed by atoms with Gasteiger partial charge >= 0.3 is 0 Å². The maximum absolute atomic E-state index is 12.7. The van der Waals surface area contributed by atoms with Crippen molar-refractivity contribution in [2.24, 2.45) is 10.9 Å². The van der Waals surface area contributed by atoms with Crippen LogP contribution in [0.2, 0.25) is 0 Å². The molecule has 1 saturated carbocycles. The van der Waals surface area contributed by atoms with E-state index in [0.717, 1.165) is 64.5 Å². The molecule has 4 rings (SSSR count). The molecule has 0 radical (unpaired) electrons. The van der Waals surface area contributed by atoms with Gasteiger partial charge in [0, 0.05) is 52.2 Å². The molecule has 4 fully saturated rings. The molecule has 0 aromatic rings. The van der Waals surface area contributed by atoms with Crippen molar-refractivity contribution < 1.29 is 9.53 Å². The van der Waals surface area contributed by atoms with Crippen LogP contribution in [0.25, 0.3) is 0 Å². The van der Waals surface area contributed by atoms with E-state index in [-0.39, 0.29) is 0 Å². The van der Waals surface area contributed by atoms with Crippen LogP contribution in [0.15, 0.2) is 4.99 Å². The van der Waals surface area contributed by atoms with E-state index in [1.54, 1.807) is 0 Å². The highest BCUT2D eigenvalue weighted by atomic mass is 16.5. The van der Waals surface area contributed by atoms with E-state index in [1.807, 2.05) is 7.05 Å². The summed E-state index contributed by atoms with van der Waals surface area (Å²) in [5, 5.41) is 6.99. The summed E-state index contributed by atoms with van der Waals surface area (Å²) >= 11 is 0. The van der Waals surface area contributed by atoms with Crippen molar-refractivity contribution in [1.29, 1.82) is 0 Å². The van der Waals surface area contributed by atoms with Crippen molar-refractivity contribution in [3.05, 3.63) is 0 Å². The first-order valence-corrected chi connectivity index (χ1v) is 11.4. The molecule has 2 N–H and O–H groups in total. The number of hydrogen-bond acceptors (Lipinski definition) is 4. The van der Waals surface area contributed by atoms with E-state index in [1.165, 1.54) is 32.1 Å². The van der Waals surface area contributed by atoms with E-state index >= 15 is 0 Å². The predicted molar refractivity (Wildman–Crippen MR) is 110 cm³/mol. The highest BCUT2D eigenvalue weighted by Gasteiger charge is 2.41. The number of ether oxygens (including phenoxy) is 1. The third-order valence-electron chi connectivity index (χ3n) is 7.01. The van der Waals surface area contributed by atoms with Gasteiger partial charge in [0.25, 0.3) is 0 Å². The molecular formula is C21H37N5O2. The molecule has 7 nitrogen and oxygen atoms in total. The standard InChI is InChI=1S/C21H37N5O2/c1-22-21(24-18-15-17-7-8-19(18)28-17)23-9-10-25-11-13-26(14-12-25)20(27)16-5-3-2-4-6-16/h16-19H,2-15H2,1H3,(H2,22,23,24). The van der Waals surface area contributed by atoms with Gasteiger partial charge in [0.2, 0.25) is 5.91 Å². The van der Waals surface area contributed by atoms with Crippen LogP contribution >= 0.6 is 0 Å². The Labute approximate surface area is 169 Å². The number of aliphatic imine (C=N–C) groups is 1. The lowest BCUT2D eigenvalue weighted by Crippen LogP contribution is -2.53. The topological polar surface area (TPSA) is 69.2 Å². The second kappa shape index (κ2) is 9.44. The Morgan fingerprint density at radius 1 is 1.07 bits per heavy atom. The number of carbonyl (C=O) groups excluding carboxylic acids is 1. The van der Waals surface area contributed by atoms with Gasteiger partial charge in [0.05, 0.1) is 18.2 Å². The van der Waals surface area contributed by atoms with Crippen molar-refractivity contribution in [3.63, 3.8) is 0 Å². The molecule has 0 aromatic carbocycles. The Balaban J connectivity index is 1.13. The van der Waals surface area contributed by atoms with Crippen molar-refractivity contribution in [1.82, 2.24) is 20.4 Å². The van der Waals surface area contributed by atoms with Gasteiger partial charge in [-0.3, -0.25) is 14.7 Å². The zero-order chi connectivity index (χ0) is 19.3. The number of nitrogens with one attached hydrogen (secondary N) is 2.